The third-order valence-corrected chi connectivity index (χ3v) is 4.46. The van der Waals surface area contributed by atoms with E-state index in [-0.39, 0.29) is 22.4 Å². The third-order valence-electron chi connectivity index (χ3n) is 1.83. The number of carbonyl (C=O) groups excluding carboxylic acids is 1. The van der Waals surface area contributed by atoms with E-state index in [0.717, 1.165) is 0 Å². The molecule has 0 amide bonds. The number of rotatable bonds is 3. The summed E-state index contributed by atoms with van der Waals surface area (Å²) in [5.41, 5.74) is -3.81. The first-order valence-electron chi connectivity index (χ1n) is 4.40. The average Bonchev–Trinajstić information content (AvgIpc) is 2.18. The smallest absolute Gasteiger partial charge is 0.298 e. The maximum Gasteiger partial charge on any atom is 0.446 e. The molecule has 0 spiro atoms. The monoisotopic (exact) mass is 394 g/mol. The van der Waals surface area contributed by atoms with Crippen LogP contribution in [0.25, 0.3) is 0 Å². The Hall–Kier alpha value is 0.0500. The van der Waals surface area contributed by atoms with Crippen LogP contribution < -0.4 is 0 Å². The van der Waals surface area contributed by atoms with Crippen molar-refractivity contribution in [2.75, 3.05) is 0 Å². The second kappa shape index (κ2) is 5.79. The van der Waals surface area contributed by atoms with Gasteiger partial charge in [-0.3, -0.25) is 4.79 Å². The van der Waals surface area contributed by atoms with Gasteiger partial charge in [0.05, 0.1) is 0 Å². The topological polar surface area (TPSA) is 17.1 Å². The highest BCUT2D eigenvalue weighted by Crippen LogP contribution is 2.39. The van der Waals surface area contributed by atoms with Crippen molar-refractivity contribution in [1.29, 1.82) is 0 Å². The number of Topliss-reactive ketones (excluding diaryl/α,β-unsaturated/α-hetero) is 1. The second-order valence-corrected chi connectivity index (χ2v) is 5.92. The Kier molecular flexibility index (Phi) is 5.15. The first-order chi connectivity index (χ1) is 7.70. The largest absolute Gasteiger partial charge is 0.446 e. The Morgan fingerprint density at radius 3 is 2.47 bits per heavy atom. The zero-order valence-corrected chi connectivity index (χ0v) is 12.2. The van der Waals surface area contributed by atoms with E-state index in [1.165, 1.54) is 25.1 Å². The number of benzene rings is 1. The number of alkyl halides is 4. The molecule has 0 N–H and O–H groups in total. The van der Waals surface area contributed by atoms with Crippen molar-refractivity contribution in [1.82, 2.24) is 0 Å². The number of ketones is 1. The highest BCUT2D eigenvalue weighted by Gasteiger charge is 2.30. The quantitative estimate of drug-likeness (QED) is 0.417. The first kappa shape index (κ1) is 15.1. The van der Waals surface area contributed by atoms with E-state index in [4.69, 9.17) is 11.6 Å². The SMILES string of the molecule is CC(=O)C(Cl)c1ccc(SC(F)(F)F)c(I)c1. The van der Waals surface area contributed by atoms with Crippen LogP contribution in [0.15, 0.2) is 23.1 Å². The fourth-order valence-electron chi connectivity index (χ4n) is 1.12. The molecule has 1 aromatic carbocycles. The van der Waals surface area contributed by atoms with Crippen LogP contribution in [0.4, 0.5) is 13.2 Å². The van der Waals surface area contributed by atoms with E-state index in [9.17, 15) is 18.0 Å². The summed E-state index contributed by atoms with van der Waals surface area (Å²) in [6, 6.07) is 4.26. The van der Waals surface area contributed by atoms with E-state index < -0.39 is 10.9 Å². The molecule has 17 heavy (non-hydrogen) atoms. The molecule has 0 aliphatic heterocycles. The van der Waals surface area contributed by atoms with Crippen LogP contribution in [-0.2, 0) is 4.79 Å². The predicted molar refractivity (Wildman–Crippen MR) is 70.3 cm³/mol. The zero-order chi connectivity index (χ0) is 13.2. The van der Waals surface area contributed by atoms with Crippen molar-refractivity contribution in [3.05, 3.63) is 27.3 Å². The molecule has 1 rings (SSSR count). The van der Waals surface area contributed by atoms with Crippen LogP contribution in [-0.4, -0.2) is 11.3 Å². The van der Waals surface area contributed by atoms with Crippen molar-refractivity contribution in [2.24, 2.45) is 0 Å². The molecule has 0 fully saturated rings. The van der Waals surface area contributed by atoms with Crippen LogP contribution in [0, 0.1) is 3.57 Å². The molecule has 0 aliphatic rings. The molecule has 0 saturated carbocycles. The molecule has 0 aliphatic carbocycles. The standard InChI is InChI=1S/C10H7ClF3IOS/c1-5(16)9(11)6-2-3-8(7(15)4-6)17-10(12,13)14/h2-4,9H,1H3. The molecule has 0 saturated heterocycles. The van der Waals surface area contributed by atoms with Gasteiger partial charge in [-0.2, -0.15) is 13.2 Å². The molecule has 0 radical (unpaired) electrons. The number of thioether (sulfide) groups is 1. The van der Waals surface area contributed by atoms with Crippen LogP contribution in [0.3, 0.4) is 0 Å². The lowest BCUT2D eigenvalue weighted by molar-refractivity contribution is -0.116. The number of carbonyl (C=O) groups is 1. The van der Waals surface area contributed by atoms with Gasteiger partial charge in [0, 0.05) is 8.47 Å². The van der Waals surface area contributed by atoms with Crippen molar-refractivity contribution in [2.45, 2.75) is 22.7 Å². The van der Waals surface area contributed by atoms with Gasteiger partial charge in [-0.15, -0.1) is 11.6 Å². The van der Waals surface area contributed by atoms with E-state index in [0.29, 0.717) is 9.13 Å². The Morgan fingerprint density at radius 2 is 2.06 bits per heavy atom. The molecular weight excluding hydrogens is 388 g/mol. The maximum atomic E-state index is 12.2. The number of halogens is 5. The minimum Gasteiger partial charge on any atom is -0.298 e. The lowest BCUT2D eigenvalue weighted by atomic mass is 10.1. The van der Waals surface area contributed by atoms with Gasteiger partial charge in [-0.25, -0.2) is 0 Å². The molecule has 1 unspecified atom stereocenters. The van der Waals surface area contributed by atoms with E-state index >= 15 is 0 Å². The summed E-state index contributed by atoms with van der Waals surface area (Å²) in [5, 5.41) is -0.812. The lowest BCUT2D eigenvalue weighted by Crippen LogP contribution is -2.03. The van der Waals surface area contributed by atoms with Crippen LogP contribution in [0.1, 0.15) is 17.9 Å². The Bertz CT molecular complexity index is 436. The molecule has 7 heteroatoms. The maximum absolute atomic E-state index is 12.2. The summed E-state index contributed by atoms with van der Waals surface area (Å²) in [4.78, 5) is 11.2. The minimum atomic E-state index is -4.32. The van der Waals surface area contributed by atoms with Gasteiger partial charge >= 0.3 is 5.51 Å². The highest BCUT2D eigenvalue weighted by molar-refractivity contribution is 14.1. The first-order valence-corrected chi connectivity index (χ1v) is 6.73. The van der Waals surface area contributed by atoms with Crippen LogP contribution in [0.5, 0.6) is 0 Å². The van der Waals surface area contributed by atoms with Gasteiger partial charge in [0.15, 0.2) is 5.78 Å². The summed E-state index contributed by atoms with van der Waals surface area (Å²) >= 11 is 7.43. The summed E-state index contributed by atoms with van der Waals surface area (Å²) in [7, 11) is 0. The fraction of sp³-hybridized carbons (Fsp3) is 0.300. The number of hydrogen-bond donors (Lipinski definition) is 0. The zero-order valence-electron chi connectivity index (χ0n) is 8.52. The summed E-state index contributed by atoms with van der Waals surface area (Å²) < 4.78 is 37.0. The van der Waals surface area contributed by atoms with Crippen LogP contribution >= 0.6 is 46.0 Å². The van der Waals surface area contributed by atoms with Crippen LogP contribution in [0.2, 0.25) is 0 Å². The van der Waals surface area contributed by atoms with E-state index in [1.807, 2.05) is 0 Å². The van der Waals surface area contributed by atoms with E-state index in [1.54, 1.807) is 22.6 Å². The minimum absolute atomic E-state index is 0.106. The molecule has 0 aromatic heterocycles. The lowest BCUT2D eigenvalue weighted by Gasteiger charge is -2.11. The second-order valence-electron chi connectivity index (χ2n) is 3.21. The molecule has 1 nitrogen and oxygen atoms in total. The van der Waals surface area contributed by atoms with Gasteiger partial charge in [0.2, 0.25) is 0 Å². The number of hydrogen-bond acceptors (Lipinski definition) is 2. The predicted octanol–water partition coefficient (Wildman–Crippen LogP) is 4.77. The Morgan fingerprint density at radius 1 is 1.47 bits per heavy atom. The van der Waals surface area contributed by atoms with Crippen molar-refractivity contribution >= 4 is 51.7 Å². The molecular formula is C10H7ClF3IOS. The van der Waals surface area contributed by atoms with Gasteiger partial charge in [-0.1, -0.05) is 6.07 Å². The van der Waals surface area contributed by atoms with Crippen molar-refractivity contribution in [3.63, 3.8) is 0 Å². The normalized spacial score (nSPS) is 13.5. The molecule has 0 heterocycles. The van der Waals surface area contributed by atoms with Gasteiger partial charge in [0.25, 0.3) is 0 Å². The Balaban J connectivity index is 2.98. The van der Waals surface area contributed by atoms with Crippen molar-refractivity contribution < 1.29 is 18.0 Å². The average molecular weight is 395 g/mol. The van der Waals surface area contributed by atoms with E-state index in [2.05, 4.69) is 0 Å². The summed E-state index contributed by atoms with van der Waals surface area (Å²) in [6.07, 6.45) is 0. The summed E-state index contributed by atoms with van der Waals surface area (Å²) in [6.45, 7) is 1.34. The van der Waals surface area contributed by atoms with Gasteiger partial charge < -0.3 is 0 Å². The van der Waals surface area contributed by atoms with Gasteiger partial charge in [0.1, 0.15) is 5.38 Å². The van der Waals surface area contributed by atoms with Gasteiger partial charge in [-0.05, 0) is 59.0 Å². The molecule has 1 atom stereocenters. The fourth-order valence-corrected chi connectivity index (χ4v) is 2.66. The Labute approximate surface area is 119 Å². The highest BCUT2D eigenvalue weighted by atomic mass is 127. The molecule has 1 aromatic rings. The molecule has 0 bridgehead atoms. The summed E-state index contributed by atoms with van der Waals surface area (Å²) in [5.74, 6) is -0.237. The third kappa shape index (κ3) is 4.67. The molecule has 94 valence electrons. The van der Waals surface area contributed by atoms with Crippen molar-refractivity contribution in [3.8, 4) is 0 Å².